The molecule has 0 aromatic rings. The van der Waals surface area contributed by atoms with Crippen molar-refractivity contribution in [2.45, 2.75) is 13.2 Å². The highest BCUT2D eigenvalue weighted by Gasteiger charge is 2.77. The molecule has 2 rings (SSSR count). The maximum absolute atomic E-state index is 11.8. The van der Waals surface area contributed by atoms with E-state index in [1.165, 1.54) is 14.2 Å². The third-order valence-electron chi connectivity index (χ3n) is 3.66. The zero-order valence-corrected chi connectivity index (χ0v) is 10.1. The Morgan fingerprint density at radius 1 is 1.12 bits per heavy atom. The molecule has 2 aliphatic rings. The molecule has 0 aromatic carbocycles. The normalized spacial score (nSPS) is 31.0. The summed E-state index contributed by atoms with van der Waals surface area (Å²) in [5.41, 5.74) is -1.27. The summed E-state index contributed by atoms with van der Waals surface area (Å²) >= 11 is 0. The van der Waals surface area contributed by atoms with Gasteiger partial charge in [0.05, 0.1) is 27.4 Å². The van der Waals surface area contributed by atoms with E-state index in [-0.39, 0.29) is 11.8 Å². The van der Waals surface area contributed by atoms with E-state index in [0.717, 1.165) is 0 Å². The van der Waals surface area contributed by atoms with Gasteiger partial charge in [-0.2, -0.15) is 0 Å². The molecule has 2 unspecified atom stereocenters. The topological polar surface area (TPSA) is 71.1 Å². The summed E-state index contributed by atoms with van der Waals surface area (Å²) in [6.45, 7) is 2.75. The fraction of sp³-hybridized carbons (Fsp3) is 0.818. The van der Waals surface area contributed by atoms with Crippen molar-refractivity contribution in [1.82, 2.24) is 0 Å². The van der Waals surface area contributed by atoms with Gasteiger partial charge in [-0.1, -0.05) is 6.92 Å². The molecule has 0 N–H and O–H groups in total. The Hall–Kier alpha value is -1.14. The van der Waals surface area contributed by atoms with Crippen LogP contribution in [0.2, 0.25) is 0 Å². The Balaban J connectivity index is 2.24. The Morgan fingerprint density at radius 2 is 1.59 bits per heavy atom. The van der Waals surface area contributed by atoms with Gasteiger partial charge in [0.15, 0.2) is 11.7 Å². The molecule has 17 heavy (non-hydrogen) atoms. The van der Waals surface area contributed by atoms with Gasteiger partial charge >= 0.3 is 11.9 Å². The van der Waals surface area contributed by atoms with Crippen molar-refractivity contribution < 1.29 is 28.5 Å². The maximum Gasteiger partial charge on any atom is 0.324 e. The van der Waals surface area contributed by atoms with Crippen LogP contribution in [0.4, 0.5) is 0 Å². The number of carbonyl (C=O) groups is 2. The van der Waals surface area contributed by atoms with Crippen LogP contribution >= 0.6 is 0 Å². The minimum absolute atomic E-state index is 0.203. The molecule has 0 spiro atoms. The molecule has 1 saturated carbocycles. The molecule has 2 atom stereocenters. The van der Waals surface area contributed by atoms with Crippen molar-refractivity contribution in [1.29, 1.82) is 0 Å². The van der Waals surface area contributed by atoms with Gasteiger partial charge in [-0.25, -0.2) is 0 Å². The first kappa shape index (κ1) is 12.3. The molecular weight excluding hydrogens is 228 g/mol. The Bertz CT molecular complexity index is 317. The average molecular weight is 244 g/mol. The number of hydrogen-bond donors (Lipinski definition) is 0. The van der Waals surface area contributed by atoms with Gasteiger partial charge in [0.2, 0.25) is 0 Å². The van der Waals surface area contributed by atoms with Gasteiger partial charge in [-0.3, -0.25) is 9.59 Å². The summed E-state index contributed by atoms with van der Waals surface area (Å²) in [5.74, 6) is -1.70. The highest BCUT2D eigenvalue weighted by atomic mass is 16.7. The minimum Gasteiger partial charge on any atom is -0.468 e. The summed E-state index contributed by atoms with van der Waals surface area (Å²) in [7, 11) is 2.51. The van der Waals surface area contributed by atoms with E-state index in [2.05, 4.69) is 0 Å². The molecule has 96 valence electrons. The van der Waals surface area contributed by atoms with Gasteiger partial charge in [-0.15, -0.1) is 0 Å². The molecular formula is C11H16O6. The van der Waals surface area contributed by atoms with Crippen molar-refractivity contribution in [3.8, 4) is 0 Å². The summed E-state index contributed by atoms with van der Waals surface area (Å²) in [6, 6.07) is 0. The largest absolute Gasteiger partial charge is 0.468 e. The lowest BCUT2D eigenvalue weighted by Gasteiger charge is -2.15. The number of esters is 2. The number of methoxy groups -OCH3 is 2. The van der Waals surface area contributed by atoms with Gasteiger partial charge in [0, 0.05) is 5.92 Å². The van der Waals surface area contributed by atoms with E-state index in [4.69, 9.17) is 18.9 Å². The van der Waals surface area contributed by atoms with Crippen LogP contribution in [0, 0.1) is 17.3 Å². The maximum atomic E-state index is 11.8. The second kappa shape index (κ2) is 4.27. The standard InChI is InChI=1S/C11H16O6/c1-6-7(8-16-4-5-17-8)11(6,9(12)14-2)10(13)15-3/h6-8H,4-5H2,1-3H3. The second-order valence-corrected chi connectivity index (χ2v) is 4.28. The fourth-order valence-corrected chi connectivity index (χ4v) is 2.69. The number of ether oxygens (including phenoxy) is 4. The van der Waals surface area contributed by atoms with E-state index < -0.39 is 23.6 Å². The minimum atomic E-state index is -1.27. The molecule has 6 heteroatoms. The van der Waals surface area contributed by atoms with Gasteiger partial charge < -0.3 is 18.9 Å². The first-order valence-corrected chi connectivity index (χ1v) is 5.50. The van der Waals surface area contributed by atoms with Crippen LogP contribution in [0.1, 0.15) is 6.92 Å². The Morgan fingerprint density at radius 3 is 2.00 bits per heavy atom. The Labute approximate surface area is 99.2 Å². The lowest BCUT2D eigenvalue weighted by Crippen LogP contribution is -2.34. The first-order chi connectivity index (χ1) is 8.10. The molecule has 1 aliphatic carbocycles. The fourth-order valence-electron chi connectivity index (χ4n) is 2.69. The number of hydrogen-bond acceptors (Lipinski definition) is 6. The van der Waals surface area contributed by atoms with E-state index >= 15 is 0 Å². The summed E-state index contributed by atoms with van der Waals surface area (Å²) in [5, 5.41) is 0. The lowest BCUT2D eigenvalue weighted by atomic mass is 10.0. The van der Waals surface area contributed by atoms with Crippen LogP contribution in [-0.4, -0.2) is 45.7 Å². The lowest BCUT2D eigenvalue weighted by molar-refractivity contribution is -0.166. The van der Waals surface area contributed by atoms with Crippen LogP contribution in [0.3, 0.4) is 0 Å². The molecule has 2 fully saturated rings. The van der Waals surface area contributed by atoms with Gasteiger partial charge in [0.25, 0.3) is 0 Å². The predicted molar refractivity (Wildman–Crippen MR) is 54.8 cm³/mol. The van der Waals surface area contributed by atoms with Crippen molar-refractivity contribution >= 4 is 11.9 Å². The number of carbonyl (C=O) groups excluding carboxylic acids is 2. The van der Waals surface area contributed by atoms with E-state index in [0.29, 0.717) is 13.2 Å². The molecule has 1 saturated heterocycles. The van der Waals surface area contributed by atoms with Crippen LogP contribution in [0.5, 0.6) is 0 Å². The first-order valence-electron chi connectivity index (χ1n) is 5.50. The summed E-state index contributed by atoms with van der Waals surface area (Å²) < 4.78 is 20.1. The zero-order chi connectivity index (χ0) is 12.6. The summed E-state index contributed by atoms with van der Waals surface area (Å²) in [6.07, 6.45) is -0.525. The number of rotatable bonds is 3. The SMILES string of the molecule is COC(=O)C1(C(=O)OC)C(C)C1C1OCCO1. The smallest absolute Gasteiger partial charge is 0.324 e. The van der Waals surface area contributed by atoms with Gasteiger partial charge in [0.1, 0.15) is 0 Å². The highest BCUT2D eigenvalue weighted by molar-refractivity contribution is 6.04. The molecule has 0 radical (unpaired) electrons. The molecule has 6 nitrogen and oxygen atoms in total. The van der Waals surface area contributed by atoms with Crippen LogP contribution in [0.25, 0.3) is 0 Å². The molecule has 1 heterocycles. The van der Waals surface area contributed by atoms with E-state index in [9.17, 15) is 9.59 Å². The van der Waals surface area contributed by atoms with Crippen molar-refractivity contribution in [3.05, 3.63) is 0 Å². The van der Waals surface area contributed by atoms with E-state index in [1.807, 2.05) is 0 Å². The quantitative estimate of drug-likeness (QED) is 0.512. The Kier molecular flexibility index (Phi) is 3.09. The molecule has 0 amide bonds. The average Bonchev–Trinajstić information content (AvgIpc) is 2.74. The molecule has 1 aliphatic heterocycles. The van der Waals surface area contributed by atoms with Crippen molar-refractivity contribution in [2.75, 3.05) is 27.4 Å². The van der Waals surface area contributed by atoms with Crippen molar-refractivity contribution in [2.24, 2.45) is 17.3 Å². The van der Waals surface area contributed by atoms with Crippen LogP contribution < -0.4 is 0 Å². The van der Waals surface area contributed by atoms with E-state index in [1.54, 1.807) is 6.92 Å². The summed E-state index contributed by atoms with van der Waals surface area (Å²) in [4.78, 5) is 23.7. The predicted octanol–water partition coefficient (Wildman–Crippen LogP) is -0.0424. The second-order valence-electron chi connectivity index (χ2n) is 4.28. The van der Waals surface area contributed by atoms with Crippen molar-refractivity contribution in [3.63, 3.8) is 0 Å². The molecule has 0 aromatic heterocycles. The third-order valence-corrected chi connectivity index (χ3v) is 3.66. The zero-order valence-electron chi connectivity index (χ0n) is 10.1. The highest BCUT2D eigenvalue weighted by Crippen LogP contribution is 2.62. The third kappa shape index (κ3) is 1.55. The van der Waals surface area contributed by atoms with Crippen LogP contribution in [-0.2, 0) is 28.5 Å². The van der Waals surface area contributed by atoms with Gasteiger partial charge in [-0.05, 0) is 5.92 Å². The van der Waals surface area contributed by atoms with Crippen LogP contribution in [0.15, 0.2) is 0 Å². The monoisotopic (exact) mass is 244 g/mol. The molecule has 0 bridgehead atoms.